The van der Waals surface area contributed by atoms with Crippen LogP contribution in [0.1, 0.15) is 44.6 Å². The van der Waals surface area contributed by atoms with Gasteiger partial charge in [-0.1, -0.05) is 49.1 Å². The highest BCUT2D eigenvalue weighted by molar-refractivity contribution is 7.92. The van der Waals surface area contributed by atoms with E-state index in [1.165, 1.54) is 32.1 Å². The van der Waals surface area contributed by atoms with E-state index in [1.807, 2.05) is 18.2 Å². The molecule has 1 saturated carbocycles. The van der Waals surface area contributed by atoms with Gasteiger partial charge in [0.05, 0.1) is 28.7 Å². The summed E-state index contributed by atoms with van der Waals surface area (Å²) in [4.78, 5) is 0.203. The van der Waals surface area contributed by atoms with Gasteiger partial charge in [0.15, 0.2) is 0 Å². The molecular weight excluding hydrogens is 410 g/mol. The number of hydrogen-bond acceptors (Lipinski definition) is 5. The van der Waals surface area contributed by atoms with E-state index < -0.39 is 10.0 Å². The van der Waals surface area contributed by atoms with Crippen LogP contribution in [0.25, 0.3) is 5.69 Å². The lowest BCUT2D eigenvalue weighted by atomic mass is 9.99. The number of hydrogen-bond donors (Lipinski definition) is 2. The largest absolute Gasteiger partial charge is 0.310 e. The molecule has 8 heteroatoms. The number of para-hydroxylation sites is 1. The fourth-order valence-electron chi connectivity index (χ4n) is 4.22. The van der Waals surface area contributed by atoms with Crippen molar-refractivity contribution in [3.8, 4) is 5.69 Å². The zero-order chi connectivity index (χ0) is 21.7. The van der Waals surface area contributed by atoms with Gasteiger partial charge in [0, 0.05) is 12.6 Å². The van der Waals surface area contributed by atoms with E-state index in [0.717, 1.165) is 17.2 Å². The molecule has 1 aromatic heterocycles. The molecule has 4 rings (SSSR count). The molecule has 0 aliphatic heterocycles. The molecule has 1 aliphatic carbocycles. The van der Waals surface area contributed by atoms with E-state index in [0.29, 0.717) is 18.3 Å². The summed E-state index contributed by atoms with van der Waals surface area (Å²) in [6.07, 6.45) is 9.82. The van der Waals surface area contributed by atoms with Crippen LogP contribution in [0.5, 0.6) is 0 Å². The Hall–Kier alpha value is -2.71. The number of nitrogens with zero attached hydrogens (tertiary/aromatic N) is 3. The van der Waals surface area contributed by atoms with Crippen molar-refractivity contribution in [1.82, 2.24) is 20.3 Å². The highest BCUT2D eigenvalue weighted by Gasteiger charge is 2.19. The molecule has 0 bridgehead atoms. The van der Waals surface area contributed by atoms with Gasteiger partial charge in [-0.25, -0.2) is 13.1 Å². The second-order valence-electron chi connectivity index (χ2n) is 8.27. The van der Waals surface area contributed by atoms with Gasteiger partial charge in [-0.3, -0.25) is 4.72 Å². The Morgan fingerprint density at radius 3 is 2.55 bits per heavy atom. The minimum Gasteiger partial charge on any atom is -0.310 e. The van der Waals surface area contributed by atoms with Crippen molar-refractivity contribution in [1.29, 1.82) is 0 Å². The zero-order valence-electron chi connectivity index (χ0n) is 17.7. The van der Waals surface area contributed by atoms with Crippen LogP contribution >= 0.6 is 0 Å². The van der Waals surface area contributed by atoms with Crippen LogP contribution in [0, 0.1) is 5.92 Å². The van der Waals surface area contributed by atoms with E-state index in [1.54, 1.807) is 47.4 Å². The summed E-state index contributed by atoms with van der Waals surface area (Å²) in [6.45, 7) is 2.83. The number of benzene rings is 2. The van der Waals surface area contributed by atoms with Crippen LogP contribution in [0.4, 0.5) is 5.69 Å². The average Bonchev–Trinajstić information content (AvgIpc) is 3.47. The molecule has 1 aliphatic rings. The van der Waals surface area contributed by atoms with Gasteiger partial charge >= 0.3 is 0 Å². The normalized spacial score (nSPS) is 15.8. The van der Waals surface area contributed by atoms with Gasteiger partial charge in [0.1, 0.15) is 0 Å². The molecule has 0 unspecified atom stereocenters. The predicted molar refractivity (Wildman–Crippen MR) is 121 cm³/mol. The molecule has 31 heavy (non-hydrogen) atoms. The monoisotopic (exact) mass is 439 g/mol. The average molecular weight is 440 g/mol. The SMILES string of the molecule is C[C@@H](CC1CCCC1)NCc1ccccc1NS(=O)(=O)c1ccc(-n2ccnn2)cc1. The Morgan fingerprint density at radius 1 is 1.10 bits per heavy atom. The maximum absolute atomic E-state index is 13.0. The minimum absolute atomic E-state index is 0.203. The predicted octanol–water partition coefficient (Wildman–Crippen LogP) is 4.13. The lowest BCUT2D eigenvalue weighted by Gasteiger charge is -2.19. The summed E-state index contributed by atoms with van der Waals surface area (Å²) in [6, 6.07) is 14.5. The van der Waals surface area contributed by atoms with Crippen molar-refractivity contribution in [2.75, 3.05) is 4.72 Å². The third kappa shape index (κ3) is 5.51. The van der Waals surface area contributed by atoms with Crippen LogP contribution in [-0.2, 0) is 16.6 Å². The summed E-state index contributed by atoms with van der Waals surface area (Å²) in [5.74, 6) is 0.816. The van der Waals surface area contributed by atoms with Gasteiger partial charge in [0.25, 0.3) is 10.0 Å². The first-order valence-corrected chi connectivity index (χ1v) is 12.3. The fourth-order valence-corrected chi connectivity index (χ4v) is 5.32. The molecule has 0 amide bonds. The van der Waals surface area contributed by atoms with Gasteiger partial charge in [-0.2, -0.15) is 0 Å². The number of nitrogens with one attached hydrogen (secondary N) is 2. The summed E-state index contributed by atoms with van der Waals surface area (Å²) in [7, 11) is -3.70. The van der Waals surface area contributed by atoms with Crippen LogP contribution in [0.15, 0.2) is 65.8 Å². The van der Waals surface area contributed by atoms with Crippen LogP contribution < -0.4 is 10.0 Å². The smallest absolute Gasteiger partial charge is 0.261 e. The molecule has 0 radical (unpaired) electrons. The number of sulfonamides is 1. The molecule has 7 nitrogen and oxygen atoms in total. The lowest BCUT2D eigenvalue weighted by molar-refractivity contribution is 0.404. The maximum Gasteiger partial charge on any atom is 0.261 e. The first-order valence-electron chi connectivity index (χ1n) is 10.8. The molecule has 2 aromatic carbocycles. The van der Waals surface area contributed by atoms with Crippen molar-refractivity contribution in [3.05, 3.63) is 66.5 Å². The van der Waals surface area contributed by atoms with Crippen molar-refractivity contribution in [3.63, 3.8) is 0 Å². The zero-order valence-corrected chi connectivity index (χ0v) is 18.6. The summed E-state index contributed by atoms with van der Waals surface area (Å²) in [5.41, 5.74) is 2.28. The van der Waals surface area contributed by atoms with Gasteiger partial charge in [-0.15, -0.1) is 5.10 Å². The topological polar surface area (TPSA) is 88.9 Å². The van der Waals surface area contributed by atoms with Gasteiger partial charge < -0.3 is 5.32 Å². The van der Waals surface area contributed by atoms with Crippen molar-refractivity contribution >= 4 is 15.7 Å². The molecule has 3 aromatic rings. The molecule has 1 heterocycles. The summed E-state index contributed by atoms with van der Waals surface area (Å²) in [5, 5.41) is 11.3. The quantitative estimate of drug-likeness (QED) is 0.523. The Morgan fingerprint density at radius 2 is 1.84 bits per heavy atom. The molecular formula is C23H29N5O2S. The highest BCUT2D eigenvalue weighted by atomic mass is 32.2. The standard InChI is InChI=1S/C23H29N5O2S/c1-18(16-19-6-2-3-7-19)24-17-20-8-4-5-9-23(20)26-31(29,30)22-12-10-21(11-13-22)28-15-14-25-27-28/h4-5,8-15,18-19,24,26H,2-3,6-7,16-17H2,1H3/t18-/m0/s1. The molecule has 1 atom stereocenters. The van der Waals surface area contributed by atoms with Crippen molar-refractivity contribution in [2.24, 2.45) is 5.92 Å². The lowest BCUT2D eigenvalue weighted by Crippen LogP contribution is -2.28. The first kappa shape index (κ1) is 21.5. The van der Waals surface area contributed by atoms with Crippen LogP contribution in [0.2, 0.25) is 0 Å². The molecule has 0 saturated heterocycles. The van der Waals surface area contributed by atoms with Crippen LogP contribution in [-0.4, -0.2) is 29.5 Å². The maximum atomic E-state index is 13.0. The number of anilines is 1. The Bertz CT molecular complexity index is 1080. The molecule has 1 fully saturated rings. The Kier molecular flexibility index (Phi) is 6.67. The molecule has 2 N–H and O–H groups in total. The van der Waals surface area contributed by atoms with E-state index >= 15 is 0 Å². The van der Waals surface area contributed by atoms with Crippen molar-refractivity contribution in [2.45, 2.75) is 56.5 Å². The molecule has 0 spiro atoms. The Labute approximate surface area is 183 Å². The van der Waals surface area contributed by atoms with Gasteiger partial charge in [-0.05, 0) is 55.2 Å². The summed E-state index contributed by atoms with van der Waals surface area (Å²) >= 11 is 0. The van der Waals surface area contributed by atoms with E-state index in [9.17, 15) is 8.42 Å². The van der Waals surface area contributed by atoms with E-state index in [-0.39, 0.29) is 4.90 Å². The van der Waals surface area contributed by atoms with E-state index in [4.69, 9.17) is 0 Å². The number of rotatable bonds is 9. The third-order valence-electron chi connectivity index (χ3n) is 5.90. The first-order chi connectivity index (χ1) is 15.0. The van der Waals surface area contributed by atoms with Crippen LogP contribution in [0.3, 0.4) is 0 Å². The van der Waals surface area contributed by atoms with Gasteiger partial charge in [0.2, 0.25) is 0 Å². The third-order valence-corrected chi connectivity index (χ3v) is 7.28. The highest BCUT2D eigenvalue weighted by Crippen LogP contribution is 2.28. The molecule has 164 valence electrons. The second-order valence-corrected chi connectivity index (χ2v) is 9.95. The van der Waals surface area contributed by atoms with E-state index in [2.05, 4.69) is 27.3 Å². The fraction of sp³-hybridized carbons (Fsp3) is 0.391. The Balaban J connectivity index is 1.42. The number of aromatic nitrogens is 3. The minimum atomic E-state index is -3.70. The summed E-state index contributed by atoms with van der Waals surface area (Å²) < 4.78 is 30.2. The van der Waals surface area contributed by atoms with Crippen molar-refractivity contribution < 1.29 is 8.42 Å². The second kappa shape index (κ2) is 9.62.